The summed E-state index contributed by atoms with van der Waals surface area (Å²) in [4.78, 5) is 14.5. The molecule has 1 heterocycles. The first-order valence-electron chi connectivity index (χ1n) is 8.19. The van der Waals surface area contributed by atoms with E-state index in [0.29, 0.717) is 11.3 Å². The number of fused-ring (bicyclic) bond motifs is 1. The van der Waals surface area contributed by atoms with Gasteiger partial charge in [-0.15, -0.1) is 0 Å². The van der Waals surface area contributed by atoms with Crippen LogP contribution in [0.25, 0.3) is 10.9 Å². The average Bonchev–Trinajstić information content (AvgIpc) is 3.03. The zero-order valence-corrected chi connectivity index (χ0v) is 17.0. The number of likely N-dealkylation sites (N-methyl/N-ethyl adjacent to an activating group) is 1. The summed E-state index contributed by atoms with van der Waals surface area (Å²) in [5, 5.41) is 0.897. The molecule has 2 rings (SSSR count). The van der Waals surface area contributed by atoms with E-state index in [1.54, 1.807) is 25.4 Å². The molecular weight excluding hydrogens is 375 g/mol. The molecule has 0 aliphatic carbocycles. The maximum atomic E-state index is 12.5. The predicted octanol–water partition coefficient (Wildman–Crippen LogP) is 3.11. The van der Waals surface area contributed by atoms with Crippen LogP contribution < -0.4 is 4.74 Å². The minimum absolute atomic E-state index is 0.569. The highest BCUT2D eigenvalue weighted by Gasteiger charge is 2.24. The van der Waals surface area contributed by atoms with Crippen molar-refractivity contribution in [1.29, 1.82) is 0 Å². The second kappa shape index (κ2) is 9.34. The summed E-state index contributed by atoms with van der Waals surface area (Å²) in [5.41, 5.74) is 1.66. The lowest BCUT2D eigenvalue weighted by Crippen LogP contribution is -2.16. The van der Waals surface area contributed by atoms with E-state index in [1.165, 1.54) is 18.8 Å². The van der Waals surface area contributed by atoms with Crippen molar-refractivity contribution in [3.8, 4) is 5.75 Å². The first-order valence-corrected chi connectivity index (χ1v) is 9.65. The Kier molecular flexibility index (Phi) is 7.41. The van der Waals surface area contributed by atoms with Crippen molar-refractivity contribution >= 4 is 24.8 Å². The van der Waals surface area contributed by atoms with Crippen LogP contribution >= 0.6 is 7.82 Å². The third-order valence-electron chi connectivity index (χ3n) is 3.96. The average molecular weight is 400 g/mol. The van der Waals surface area contributed by atoms with Gasteiger partial charge in [0.15, 0.2) is 0 Å². The Morgan fingerprint density at radius 2 is 1.89 bits per heavy atom. The van der Waals surface area contributed by atoms with Crippen LogP contribution in [0.15, 0.2) is 24.4 Å². The molecule has 0 aliphatic heterocycles. The fourth-order valence-electron chi connectivity index (χ4n) is 2.49. The molecule has 0 spiro atoms. The number of benzene rings is 1. The quantitative estimate of drug-likeness (QED) is 0.469. The number of hydrogen-bond donors (Lipinski definition) is 0. The maximum absolute atomic E-state index is 12.5. The van der Waals surface area contributed by atoms with Crippen LogP contribution in [0.5, 0.6) is 5.75 Å². The van der Waals surface area contributed by atoms with E-state index in [2.05, 4.69) is 13.9 Å². The summed E-state index contributed by atoms with van der Waals surface area (Å²) in [6.07, 6.45) is 1.80. The summed E-state index contributed by atoms with van der Waals surface area (Å²) in [6.45, 7) is 0.250. The Hall–Kier alpha value is -1.90. The molecular formula is C17H25N2O7P. The second-order valence-electron chi connectivity index (χ2n) is 5.93. The van der Waals surface area contributed by atoms with Crippen molar-refractivity contribution in [2.75, 3.05) is 48.8 Å². The van der Waals surface area contributed by atoms with Crippen LogP contribution in [-0.2, 0) is 29.3 Å². The number of aromatic nitrogens is 1. The molecule has 1 aromatic heterocycles. The Balaban J connectivity index is 2.23. The fraction of sp³-hybridized carbons (Fsp3) is 0.471. The Bertz CT molecular complexity index is 826. The van der Waals surface area contributed by atoms with Gasteiger partial charge < -0.3 is 14.4 Å². The summed E-state index contributed by atoms with van der Waals surface area (Å²) < 4.78 is 37.7. The number of hydrogen-bond acceptors (Lipinski definition) is 8. The monoisotopic (exact) mass is 400 g/mol. The molecule has 0 bridgehead atoms. The largest absolute Gasteiger partial charge is 0.497 e. The summed E-state index contributed by atoms with van der Waals surface area (Å²) >= 11 is 0. The molecule has 0 unspecified atom stereocenters. The summed E-state index contributed by atoms with van der Waals surface area (Å²) in [7, 11) is 4.19. The van der Waals surface area contributed by atoms with E-state index < -0.39 is 20.7 Å². The van der Waals surface area contributed by atoms with E-state index in [0.717, 1.165) is 23.9 Å². The van der Waals surface area contributed by atoms with Crippen molar-refractivity contribution in [3.63, 3.8) is 0 Å². The number of phosphoric ester groups is 1. The zero-order valence-electron chi connectivity index (χ0n) is 16.1. The number of carbonyl (C=O) groups excluding carboxylic acids is 1. The zero-order chi connectivity index (χ0) is 20.0. The lowest BCUT2D eigenvalue weighted by molar-refractivity contribution is 0.0319. The molecule has 0 saturated carbocycles. The van der Waals surface area contributed by atoms with E-state index in [-0.39, 0.29) is 0 Å². The van der Waals surface area contributed by atoms with E-state index in [1.807, 2.05) is 20.2 Å². The number of carbonyl (C=O) groups is 1. The Morgan fingerprint density at radius 1 is 1.19 bits per heavy atom. The van der Waals surface area contributed by atoms with Gasteiger partial charge in [-0.1, -0.05) is 0 Å². The number of nitrogens with zero attached hydrogens (tertiary/aromatic N) is 2. The molecule has 27 heavy (non-hydrogen) atoms. The topological polar surface area (TPSA) is 88.5 Å². The lowest BCUT2D eigenvalue weighted by atomic mass is 10.1. The van der Waals surface area contributed by atoms with Gasteiger partial charge in [0.1, 0.15) is 5.75 Å². The number of ether oxygens (including phenoxy) is 2. The molecule has 0 radical (unpaired) electrons. The first-order chi connectivity index (χ1) is 12.8. The Morgan fingerprint density at radius 3 is 2.48 bits per heavy atom. The molecule has 9 nitrogen and oxygen atoms in total. The van der Waals surface area contributed by atoms with Crippen LogP contribution in [0.2, 0.25) is 0 Å². The van der Waals surface area contributed by atoms with E-state index in [9.17, 15) is 9.36 Å². The van der Waals surface area contributed by atoms with Crippen LogP contribution in [0.3, 0.4) is 0 Å². The minimum Gasteiger partial charge on any atom is -0.497 e. The van der Waals surface area contributed by atoms with Gasteiger partial charge in [-0.3, -0.25) is 13.6 Å². The molecule has 0 fully saturated rings. The standard InChI is InChI=1S/C17H25N2O7P/c1-18(2)9-8-13-11-19(16-7-6-14(22-3)10-15(13)16)17(20)25-12-26-27(21,23-4)24-5/h6-7,10-11H,8-9,12H2,1-5H3. The molecule has 2 aromatic rings. The van der Waals surface area contributed by atoms with E-state index in [4.69, 9.17) is 14.0 Å². The highest BCUT2D eigenvalue weighted by atomic mass is 31.2. The van der Waals surface area contributed by atoms with Crippen LogP contribution in [0.4, 0.5) is 4.79 Å². The van der Waals surface area contributed by atoms with Gasteiger partial charge in [0, 0.05) is 32.3 Å². The molecule has 0 saturated heterocycles. The molecule has 0 N–H and O–H groups in total. The van der Waals surface area contributed by atoms with Gasteiger partial charge in [-0.2, -0.15) is 0 Å². The summed E-state index contributed by atoms with van der Waals surface area (Å²) in [5.74, 6) is 0.698. The third kappa shape index (κ3) is 5.31. The van der Waals surface area contributed by atoms with E-state index >= 15 is 0 Å². The molecule has 10 heteroatoms. The second-order valence-corrected chi connectivity index (χ2v) is 7.81. The third-order valence-corrected chi connectivity index (χ3v) is 5.28. The SMILES string of the molecule is COc1ccc2c(c1)c(CCN(C)C)cn2C(=O)OCOP(=O)(OC)OC. The molecule has 0 amide bonds. The van der Waals surface area contributed by atoms with Gasteiger partial charge in [0.05, 0.1) is 12.6 Å². The summed E-state index contributed by atoms with van der Waals surface area (Å²) in [6, 6.07) is 5.43. The smallest absolute Gasteiger partial charge is 0.477 e. The molecule has 0 atom stereocenters. The predicted molar refractivity (Wildman–Crippen MR) is 100 cm³/mol. The van der Waals surface area contributed by atoms with Gasteiger partial charge in [-0.05, 0) is 44.3 Å². The minimum atomic E-state index is -3.71. The molecule has 150 valence electrons. The van der Waals surface area contributed by atoms with Gasteiger partial charge in [0.2, 0.25) is 6.79 Å². The van der Waals surface area contributed by atoms with Crippen LogP contribution in [0.1, 0.15) is 5.56 Å². The highest BCUT2D eigenvalue weighted by Crippen LogP contribution is 2.47. The number of methoxy groups -OCH3 is 1. The van der Waals surface area contributed by atoms with Crippen molar-refractivity contribution in [2.45, 2.75) is 6.42 Å². The highest BCUT2D eigenvalue weighted by molar-refractivity contribution is 7.48. The van der Waals surface area contributed by atoms with Gasteiger partial charge in [0.25, 0.3) is 0 Å². The van der Waals surface area contributed by atoms with Crippen molar-refractivity contribution in [1.82, 2.24) is 9.47 Å². The van der Waals surface area contributed by atoms with Crippen molar-refractivity contribution in [3.05, 3.63) is 30.0 Å². The van der Waals surface area contributed by atoms with Crippen molar-refractivity contribution < 1.29 is 32.4 Å². The molecule has 1 aromatic carbocycles. The van der Waals surface area contributed by atoms with Crippen LogP contribution in [0, 0.1) is 0 Å². The van der Waals surface area contributed by atoms with Crippen LogP contribution in [-0.4, -0.2) is 64.3 Å². The maximum Gasteiger partial charge on any atom is 0.477 e. The number of phosphoric acid groups is 1. The normalized spacial score (nSPS) is 11.9. The lowest BCUT2D eigenvalue weighted by Gasteiger charge is -2.13. The van der Waals surface area contributed by atoms with Crippen molar-refractivity contribution in [2.24, 2.45) is 0 Å². The van der Waals surface area contributed by atoms with Gasteiger partial charge in [-0.25, -0.2) is 13.9 Å². The first kappa shape index (κ1) is 21.4. The van der Waals surface area contributed by atoms with Gasteiger partial charge >= 0.3 is 13.9 Å². The number of rotatable bonds is 9. The Labute approximate surface area is 158 Å². The molecule has 0 aliphatic rings. The fourth-order valence-corrected chi connectivity index (χ4v) is 3.03.